The molecule has 2 rings (SSSR count). The fourth-order valence-corrected chi connectivity index (χ4v) is 1.59. The van der Waals surface area contributed by atoms with E-state index in [1.54, 1.807) is 30.3 Å². The molecule has 0 spiro atoms. The third kappa shape index (κ3) is 8.19. The first kappa shape index (κ1) is 18.9. The maximum absolute atomic E-state index is 12.8. The van der Waals surface area contributed by atoms with Crippen molar-refractivity contribution >= 4 is 0 Å². The van der Waals surface area contributed by atoms with Gasteiger partial charge in [0.2, 0.25) is 0 Å². The van der Waals surface area contributed by atoms with Crippen molar-refractivity contribution in [2.24, 2.45) is 5.92 Å². The first-order valence-corrected chi connectivity index (χ1v) is 7.78. The Balaban J connectivity index is 0.000000231. The number of rotatable bonds is 6. The molecule has 0 unspecified atom stereocenters. The van der Waals surface area contributed by atoms with Crippen molar-refractivity contribution in [2.45, 2.75) is 27.2 Å². The van der Waals surface area contributed by atoms with E-state index in [2.05, 4.69) is 13.8 Å². The van der Waals surface area contributed by atoms with Crippen LogP contribution in [-0.2, 0) is 0 Å². The van der Waals surface area contributed by atoms with Gasteiger partial charge in [-0.05, 0) is 36.6 Å². The van der Waals surface area contributed by atoms with Crippen molar-refractivity contribution in [3.05, 3.63) is 60.2 Å². The lowest BCUT2D eigenvalue weighted by Gasteiger charge is -2.07. The molecule has 23 heavy (non-hydrogen) atoms. The standard InChI is InChI=1S/C10H13FO.C9H11FO/c1-8(2)7-12-10-5-3-4-9(11)6-10;1-2-7-11-9-6-4-3-5-8(9)10/h3-6,8H,7H2,1-2H3;3-6H,2,7H2,1H3. The van der Waals surface area contributed by atoms with Gasteiger partial charge in [0.1, 0.15) is 11.6 Å². The molecule has 0 saturated carbocycles. The second kappa shape index (κ2) is 10.6. The van der Waals surface area contributed by atoms with Crippen molar-refractivity contribution < 1.29 is 18.3 Å². The summed E-state index contributed by atoms with van der Waals surface area (Å²) in [5.41, 5.74) is 0. The predicted octanol–water partition coefficient (Wildman–Crippen LogP) is 5.48. The zero-order valence-corrected chi connectivity index (χ0v) is 13.9. The van der Waals surface area contributed by atoms with Gasteiger partial charge >= 0.3 is 0 Å². The van der Waals surface area contributed by atoms with Crippen LogP contribution in [0.1, 0.15) is 27.2 Å². The van der Waals surface area contributed by atoms with Crippen LogP contribution in [-0.4, -0.2) is 13.2 Å². The largest absolute Gasteiger partial charge is 0.493 e. The van der Waals surface area contributed by atoms with Gasteiger partial charge in [-0.25, -0.2) is 8.78 Å². The molecule has 0 atom stereocenters. The van der Waals surface area contributed by atoms with Gasteiger partial charge in [0, 0.05) is 6.07 Å². The number of ether oxygens (including phenoxy) is 2. The van der Waals surface area contributed by atoms with Crippen molar-refractivity contribution in [1.82, 2.24) is 0 Å². The third-order valence-electron chi connectivity index (χ3n) is 2.68. The lowest BCUT2D eigenvalue weighted by atomic mass is 10.2. The Bertz CT molecular complexity index is 571. The molecule has 126 valence electrons. The number of para-hydroxylation sites is 1. The fourth-order valence-electron chi connectivity index (χ4n) is 1.59. The summed E-state index contributed by atoms with van der Waals surface area (Å²) in [5.74, 6) is 0.864. The van der Waals surface area contributed by atoms with E-state index in [0.717, 1.165) is 6.42 Å². The Hall–Kier alpha value is -2.10. The SMILES string of the molecule is CC(C)COc1cccc(F)c1.CCCOc1ccccc1F. The Morgan fingerprint density at radius 2 is 1.70 bits per heavy atom. The Labute approximate surface area is 137 Å². The number of hydrogen-bond acceptors (Lipinski definition) is 2. The zero-order chi connectivity index (χ0) is 17.1. The Morgan fingerprint density at radius 3 is 2.30 bits per heavy atom. The first-order chi connectivity index (χ1) is 11.0. The summed E-state index contributed by atoms with van der Waals surface area (Å²) in [6, 6.07) is 12.6. The second-order valence-electron chi connectivity index (χ2n) is 5.44. The topological polar surface area (TPSA) is 18.5 Å². The molecule has 0 N–H and O–H groups in total. The average Bonchev–Trinajstić information content (AvgIpc) is 2.53. The minimum Gasteiger partial charge on any atom is -0.493 e. The third-order valence-corrected chi connectivity index (χ3v) is 2.68. The molecule has 2 aromatic rings. The maximum atomic E-state index is 12.8. The van der Waals surface area contributed by atoms with E-state index in [1.165, 1.54) is 18.2 Å². The predicted molar refractivity (Wildman–Crippen MR) is 88.9 cm³/mol. The summed E-state index contributed by atoms with van der Waals surface area (Å²) in [5, 5.41) is 0. The van der Waals surface area contributed by atoms with Crippen LogP contribution in [0, 0.1) is 17.6 Å². The molecule has 0 amide bonds. The summed E-state index contributed by atoms with van der Waals surface area (Å²) in [6.07, 6.45) is 0.897. The highest BCUT2D eigenvalue weighted by atomic mass is 19.1. The molecule has 0 aromatic heterocycles. The van der Waals surface area contributed by atoms with Crippen LogP contribution < -0.4 is 9.47 Å². The Kier molecular flexibility index (Phi) is 8.73. The highest BCUT2D eigenvalue weighted by Crippen LogP contribution is 2.15. The first-order valence-electron chi connectivity index (χ1n) is 7.78. The van der Waals surface area contributed by atoms with Crippen LogP contribution in [0.2, 0.25) is 0 Å². The van der Waals surface area contributed by atoms with Crippen molar-refractivity contribution in [3.63, 3.8) is 0 Å². The quantitative estimate of drug-likeness (QED) is 0.701. The molecular weight excluding hydrogens is 298 g/mol. The van der Waals surface area contributed by atoms with E-state index in [0.29, 0.717) is 30.6 Å². The molecule has 0 aliphatic carbocycles. The van der Waals surface area contributed by atoms with E-state index < -0.39 is 0 Å². The Morgan fingerprint density at radius 1 is 0.957 bits per heavy atom. The molecule has 4 heteroatoms. The summed E-state index contributed by atoms with van der Waals surface area (Å²) < 4.78 is 35.8. The van der Waals surface area contributed by atoms with Crippen molar-refractivity contribution in [2.75, 3.05) is 13.2 Å². The van der Waals surface area contributed by atoms with Crippen molar-refractivity contribution in [1.29, 1.82) is 0 Å². The molecule has 0 radical (unpaired) electrons. The van der Waals surface area contributed by atoms with Crippen LogP contribution in [0.3, 0.4) is 0 Å². The van der Waals surface area contributed by atoms with Gasteiger partial charge < -0.3 is 9.47 Å². The molecule has 0 fully saturated rings. The van der Waals surface area contributed by atoms with Gasteiger partial charge in [-0.2, -0.15) is 0 Å². The molecule has 0 aliphatic heterocycles. The van der Waals surface area contributed by atoms with E-state index in [4.69, 9.17) is 9.47 Å². The molecule has 0 saturated heterocycles. The van der Waals surface area contributed by atoms with E-state index in [-0.39, 0.29) is 11.6 Å². The van der Waals surface area contributed by atoms with Gasteiger partial charge in [0.05, 0.1) is 13.2 Å². The number of halogens is 2. The van der Waals surface area contributed by atoms with Crippen LogP contribution in [0.4, 0.5) is 8.78 Å². The maximum Gasteiger partial charge on any atom is 0.165 e. The smallest absolute Gasteiger partial charge is 0.165 e. The van der Waals surface area contributed by atoms with Crippen LogP contribution in [0.5, 0.6) is 11.5 Å². The molecule has 0 aliphatic rings. The summed E-state index contributed by atoms with van der Waals surface area (Å²) in [7, 11) is 0. The summed E-state index contributed by atoms with van der Waals surface area (Å²) >= 11 is 0. The zero-order valence-electron chi connectivity index (χ0n) is 13.9. The molecule has 2 nitrogen and oxygen atoms in total. The van der Waals surface area contributed by atoms with Gasteiger partial charge in [-0.1, -0.05) is 39.0 Å². The van der Waals surface area contributed by atoms with Crippen molar-refractivity contribution in [3.8, 4) is 11.5 Å². The number of benzene rings is 2. The summed E-state index contributed by atoms with van der Waals surface area (Å²) in [6.45, 7) is 7.30. The van der Waals surface area contributed by atoms with Crippen LogP contribution >= 0.6 is 0 Å². The monoisotopic (exact) mass is 322 g/mol. The molecule has 2 aromatic carbocycles. The van der Waals surface area contributed by atoms with E-state index in [1.807, 2.05) is 6.92 Å². The molecule has 0 heterocycles. The molecular formula is C19H24F2O2. The normalized spacial score (nSPS) is 10.0. The van der Waals surface area contributed by atoms with E-state index >= 15 is 0 Å². The highest BCUT2D eigenvalue weighted by Gasteiger charge is 1.99. The second-order valence-corrected chi connectivity index (χ2v) is 5.44. The van der Waals surface area contributed by atoms with Gasteiger partial charge in [0.15, 0.2) is 11.6 Å². The lowest BCUT2D eigenvalue weighted by molar-refractivity contribution is 0.270. The average molecular weight is 322 g/mol. The fraction of sp³-hybridized carbons (Fsp3) is 0.368. The van der Waals surface area contributed by atoms with Gasteiger partial charge in [0.25, 0.3) is 0 Å². The lowest BCUT2D eigenvalue weighted by Crippen LogP contribution is -2.04. The van der Waals surface area contributed by atoms with E-state index in [9.17, 15) is 8.78 Å². The van der Waals surface area contributed by atoms with Gasteiger partial charge in [-0.15, -0.1) is 0 Å². The molecule has 0 bridgehead atoms. The van der Waals surface area contributed by atoms with Gasteiger partial charge in [-0.3, -0.25) is 0 Å². The number of hydrogen-bond donors (Lipinski definition) is 0. The van der Waals surface area contributed by atoms with Crippen LogP contribution in [0.25, 0.3) is 0 Å². The van der Waals surface area contributed by atoms with Crippen LogP contribution in [0.15, 0.2) is 48.5 Å². The highest BCUT2D eigenvalue weighted by molar-refractivity contribution is 5.23. The minimum atomic E-state index is -0.291. The summed E-state index contributed by atoms with van der Waals surface area (Å²) in [4.78, 5) is 0. The minimum absolute atomic E-state index is 0.253.